The molecule has 1 heterocycles. The second kappa shape index (κ2) is 35.6. The van der Waals surface area contributed by atoms with E-state index in [9.17, 15) is 0 Å². The Bertz CT molecular complexity index is 560. The van der Waals surface area contributed by atoms with E-state index in [1.54, 1.807) is 0 Å². The molecule has 0 atom stereocenters. The average molecular weight is 705 g/mol. The molecule has 5 nitrogen and oxygen atoms in total. The molecule has 0 spiro atoms. The Balaban J connectivity index is 0.0000194. The second-order valence-corrected chi connectivity index (χ2v) is 14.2. The van der Waals surface area contributed by atoms with Gasteiger partial charge in [-0.1, -0.05) is 155 Å². The van der Waals surface area contributed by atoms with E-state index >= 15 is 0 Å². The van der Waals surface area contributed by atoms with Crippen LogP contribution in [-0.4, -0.2) is 88.2 Å². The van der Waals surface area contributed by atoms with Crippen LogP contribution in [0.5, 0.6) is 0 Å². The third kappa shape index (κ3) is 29.0. The van der Waals surface area contributed by atoms with Crippen molar-refractivity contribution in [3.63, 3.8) is 0 Å². The number of hydrogen-bond acceptors (Lipinski definition) is 4. The highest BCUT2D eigenvalue weighted by Crippen LogP contribution is 2.16. The monoisotopic (exact) mass is 704 g/mol. The van der Waals surface area contributed by atoms with E-state index in [1.807, 2.05) is 0 Å². The number of halogens is 1. The van der Waals surface area contributed by atoms with Gasteiger partial charge in [0.2, 0.25) is 0 Å². The van der Waals surface area contributed by atoms with Crippen molar-refractivity contribution < 1.29 is 30.9 Å². The van der Waals surface area contributed by atoms with Gasteiger partial charge in [-0.05, 0) is 19.4 Å². The minimum Gasteiger partial charge on any atom is -1.00 e. The molecule has 0 radical (unpaired) electrons. The Morgan fingerprint density at radius 1 is 0.467 bits per heavy atom. The molecule has 0 aromatic heterocycles. The molecule has 1 aliphatic heterocycles. The summed E-state index contributed by atoms with van der Waals surface area (Å²) in [5.41, 5.74) is 5.92. The standard InChI is InChI=1S/C39H82N3O2.BrH/c1-3-5-7-9-11-13-15-17-19-21-23-25-36-43-38-31-41-29-33-42(34-30-41,32-27-28-40)35-39-44-37-26-24-22-20-18-16-14-12-10-8-6-4-2;/h3-40H2,1-2H3;1H/q+1;/p-1. The lowest BCUT2D eigenvalue weighted by atomic mass is 10.1. The summed E-state index contributed by atoms with van der Waals surface area (Å²) >= 11 is 0. The number of unbranched alkanes of at least 4 members (excludes halogenated alkanes) is 22. The van der Waals surface area contributed by atoms with Crippen LogP contribution in [0, 0.1) is 0 Å². The summed E-state index contributed by atoms with van der Waals surface area (Å²) in [7, 11) is 0. The van der Waals surface area contributed by atoms with Crippen molar-refractivity contribution in [1.82, 2.24) is 4.90 Å². The summed E-state index contributed by atoms with van der Waals surface area (Å²) in [6.45, 7) is 17.4. The van der Waals surface area contributed by atoms with Gasteiger partial charge >= 0.3 is 0 Å². The fraction of sp³-hybridized carbons (Fsp3) is 1.00. The van der Waals surface area contributed by atoms with E-state index in [-0.39, 0.29) is 17.0 Å². The van der Waals surface area contributed by atoms with Gasteiger partial charge < -0.3 is 36.7 Å². The largest absolute Gasteiger partial charge is 1.00 e. The highest BCUT2D eigenvalue weighted by Gasteiger charge is 2.32. The number of piperazine rings is 1. The molecule has 1 rings (SSSR count). The van der Waals surface area contributed by atoms with Crippen molar-refractivity contribution in [3.05, 3.63) is 0 Å². The van der Waals surface area contributed by atoms with Crippen LogP contribution in [0.2, 0.25) is 0 Å². The molecule has 1 fully saturated rings. The minimum atomic E-state index is 0. The summed E-state index contributed by atoms with van der Waals surface area (Å²) in [6, 6.07) is 0. The van der Waals surface area contributed by atoms with Crippen molar-refractivity contribution >= 4 is 0 Å². The van der Waals surface area contributed by atoms with E-state index in [2.05, 4.69) is 18.7 Å². The Hall–Kier alpha value is 0.280. The lowest BCUT2D eigenvalue weighted by Crippen LogP contribution is -3.00. The molecule has 272 valence electrons. The van der Waals surface area contributed by atoms with E-state index < -0.39 is 0 Å². The Morgan fingerprint density at radius 2 is 0.844 bits per heavy atom. The number of quaternary nitrogens is 1. The van der Waals surface area contributed by atoms with Crippen molar-refractivity contribution in [3.8, 4) is 0 Å². The summed E-state index contributed by atoms with van der Waals surface area (Å²) < 4.78 is 13.4. The summed E-state index contributed by atoms with van der Waals surface area (Å²) in [6.07, 6.45) is 34.7. The molecule has 1 saturated heterocycles. The van der Waals surface area contributed by atoms with Crippen LogP contribution in [0.3, 0.4) is 0 Å². The smallest absolute Gasteiger partial charge is 0.102 e. The Labute approximate surface area is 293 Å². The predicted octanol–water partition coefficient (Wildman–Crippen LogP) is 6.91. The fourth-order valence-electron chi connectivity index (χ4n) is 6.89. The first-order chi connectivity index (χ1) is 21.8. The molecule has 0 bridgehead atoms. The van der Waals surface area contributed by atoms with Crippen LogP contribution in [0.25, 0.3) is 0 Å². The molecule has 1 aliphatic rings. The first kappa shape index (κ1) is 45.3. The lowest BCUT2D eigenvalue weighted by molar-refractivity contribution is -0.932. The average Bonchev–Trinajstić information content (AvgIpc) is 3.04. The summed E-state index contributed by atoms with van der Waals surface area (Å²) in [5.74, 6) is 0. The van der Waals surface area contributed by atoms with Crippen LogP contribution < -0.4 is 22.7 Å². The number of hydrogen-bond donors (Lipinski definition) is 1. The van der Waals surface area contributed by atoms with Crippen molar-refractivity contribution in [2.75, 3.05) is 78.8 Å². The SMILES string of the molecule is CCCCCCCCCCCCCCOCCN1CC[N+](CCCN)(CCOCCCCCCCCCCCCCC)CC1.[Br-]. The zero-order chi connectivity index (χ0) is 31.7. The highest BCUT2D eigenvalue weighted by atomic mass is 79.9. The molecule has 2 N–H and O–H groups in total. The molecule has 0 amide bonds. The van der Waals surface area contributed by atoms with Gasteiger partial charge in [0.05, 0.1) is 32.8 Å². The highest BCUT2D eigenvalue weighted by molar-refractivity contribution is 4.65. The molecule has 0 aromatic carbocycles. The first-order valence-electron chi connectivity index (χ1n) is 20.2. The summed E-state index contributed by atoms with van der Waals surface area (Å²) in [4.78, 5) is 2.62. The third-order valence-corrected chi connectivity index (χ3v) is 10.2. The zero-order valence-corrected chi connectivity index (χ0v) is 32.4. The van der Waals surface area contributed by atoms with Crippen molar-refractivity contribution in [2.45, 2.75) is 174 Å². The Morgan fingerprint density at radius 3 is 1.24 bits per heavy atom. The minimum absolute atomic E-state index is 0. The van der Waals surface area contributed by atoms with Gasteiger partial charge in [-0.15, -0.1) is 0 Å². The topological polar surface area (TPSA) is 47.7 Å². The third-order valence-electron chi connectivity index (χ3n) is 10.2. The van der Waals surface area contributed by atoms with Gasteiger partial charge in [-0.25, -0.2) is 0 Å². The number of nitrogens with zero attached hydrogens (tertiary/aromatic N) is 2. The molecule has 0 unspecified atom stereocenters. The van der Waals surface area contributed by atoms with Crippen LogP contribution in [0.4, 0.5) is 0 Å². The van der Waals surface area contributed by atoms with Gasteiger partial charge in [-0.3, -0.25) is 4.90 Å². The Kier molecular flexibility index (Phi) is 35.8. The van der Waals surface area contributed by atoms with E-state index in [4.69, 9.17) is 15.2 Å². The van der Waals surface area contributed by atoms with Crippen LogP contribution in [0.15, 0.2) is 0 Å². The molecule has 6 heteroatoms. The van der Waals surface area contributed by atoms with Crippen molar-refractivity contribution in [2.24, 2.45) is 5.73 Å². The maximum absolute atomic E-state index is 6.14. The molecular formula is C39H82BrN3O2. The molecule has 0 aromatic rings. The quantitative estimate of drug-likeness (QED) is 0.0576. The van der Waals surface area contributed by atoms with E-state index in [0.717, 1.165) is 52.5 Å². The zero-order valence-electron chi connectivity index (χ0n) is 30.8. The maximum Gasteiger partial charge on any atom is 0.102 e. The number of nitrogens with two attached hydrogens (primary N) is 1. The van der Waals surface area contributed by atoms with Crippen LogP contribution >= 0.6 is 0 Å². The maximum atomic E-state index is 6.14. The van der Waals surface area contributed by atoms with Gasteiger partial charge in [0.25, 0.3) is 0 Å². The number of rotatable bonds is 35. The molecule has 45 heavy (non-hydrogen) atoms. The van der Waals surface area contributed by atoms with Crippen LogP contribution in [0.1, 0.15) is 174 Å². The van der Waals surface area contributed by atoms with Crippen molar-refractivity contribution in [1.29, 1.82) is 0 Å². The first-order valence-corrected chi connectivity index (χ1v) is 20.2. The predicted molar refractivity (Wildman–Crippen MR) is 194 cm³/mol. The van der Waals surface area contributed by atoms with E-state index in [1.165, 1.54) is 191 Å². The molecule has 0 saturated carbocycles. The van der Waals surface area contributed by atoms with Gasteiger partial charge in [-0.2, -0.15) is 0 Å². The van der Waals surface area contributed by atoms with Gasteiger partial charge in [0.1, 0.15) is 6.54 Å². The summed E-state index contributed by atoms with van der Waals surface area (Å²) in [5, 5.41) is 0. The number of ether oxygens (including phenoxy) is 2. The van der Waals surface area contributed by atoms with Crippen LogP contribution in [-0.2, 0) is 9.47 Å². The molecule has 0 aliphatic carbocycles. The normalized spacial score (nSPS) is 15.0. The molecular weight excluding hydrogens is 622 g/mol. The van der Waals surface area contributed by atoms with Gasteiger partial charge in [0, 0.05) is 39.3 Å². The fourth-order valence-corrected chi connectivity index (χ4v) is 6.89. The van der Waals surface area contributed by atoms with E-state index in [0.29, 0.717) is 0 Å². The second-order valence-electron chi connectivity index (χ2n) is 14.2. The lowest BCUT2D eigenvalue weighted by Gasteiger charge is -2.45. The van der Waals surface area contributed by atoms with Gasteiger partial charge in [0.15, 0.2) is 0 Å².